The van der Waals surface area contributed by atoms with Crippen molar-refractivity contribution in [3.8, 4) is 5.75 Å². The van der Waals surface area contributed by atoms with Crippen molar-refractivity contribution >= 4 is 56.4 Å². The minimum atomic E-state index is -0.792. The van der Waals surface area contributed by atoms with Crippen molar-refractivity contribution in [3.05, 3.63) is 78.9 Å². The van der Waals surface area contributed by atoms with Gasteiger partial charge in [0, 0.05) is 53.9 Å². The maximum atomic E-state index is 12.7. The van der Waals surface area contributed by atoms with Gasteiger partial charge in [0.2, 0.25) is 11.6 Å². The van der Waals surface area contributed by atoms with Gasteiger partial charge in [-0.2, -0.15) is 0 Å². The smallest absolute Gasteiger partial charge is 0.228 e. The van der Waals surface area contributed by atoms with E-state index in [2.05, 4.69) is 123 Å². The molecule has 0 aliphatic carbocycles. The number of anilines is 3. The highest BCUT2D eigenvalue weighted by atomic mass is 16.5. The van der Waals surface area contributed by atoms with Gasteiger partial charge in [-0.05, 0) is 80.3 Å². The van der Waals surface area contributed by atoms with E-state index in [9.17, 15) is 4.79 Å². The van der Waals surface area contributed by atoms with E-state index in [1.165, 1.54) is 47.7 Å². The normalized spacial score (nSPS) is 17.4. The van der Waals surface area contributed by atoms with E-state index >= 15 is 0 Å². The minimum Gasteiger partial charge on any atom is -0.459 e. The number of aliphatic imine (C=N–C) groups is 1. The number of hydrogen-bond acceptors (Lipinski definition) is 5. The van der Waals surface area contributed by atoms with E-state index in [1.54, 1.807) is 6.08 Å². The highest BCUT2D eigenvalue weighted by Gasteiger charge is 2.60. The number of ether oxygens (including phenoxy) is 1. The third-order valence-corrected chi connectivity index (χ3v) is 10.4. The average Bonchev–Trinajstić information content (AvgIpc) is 3.26. The van der Waals surface area contributed by atoms with Crippen molar-refractivity contribution in [2.75, 3.05) is 34.8 Å². The van der Waals surface area contributed by atoms with E-state index in [0.717, 1.165) is 72.5 Å². The summed E-state index contributed by atoms with van der Waals surface area (Å²) < 4.78 is 7.34. The molecule has 1 unspecified atom stereocenters. The second-order valence-corrected chi connectivity index (χ2v) is 13.9. The van der Waals surface area contributed by atoms with Crippen LogP contribution in [0.3, 0.4) is 0 Å². The Labute approximate surface area is 286 Å². The molecule has 0 fully saturated rings. The maximum absolute atomic E-state index is 12.7. The summed E-state index contributed by atoms with van der Waals surface area (Å²) in [6.45, 7) is 17.7. The highest BCUT2D eigenvalue weighted by molar-refractivity contribution is 6.08. The van der Waals surface area contributed by atoms with Gasteiger partial charge in [-0.3, -0.25) is 9.79 Å². The van der Waals surface area contributed by atoms with Gasteiger partial charge in [0.1, 0.15) is 11.4 Å². The van der Waals surface area contributed by atoms with Crippen molar-refractivity contribution in [2.45, 2.75) is 97.1 Å². The number of nitrogens with zero attached hydrogens (tertiary/aromatic N) is 3. The lowest BCUT2D eigenvalue weighted by molar-refractivity contribution is -0.115. The lowest BCUT2D eigenvalue weighted by Crippen LogP contribution is -2.62. The number of carbonyl (C=O) groups is 1. The van der Waals surface area contributed by atoms with E-state index in [0.29, 0.717) is 0 Å². The summed E-state index contributed by atoms with van der Waals surface area (Å²) in [6.07, 6.45) is 12.2. The molecule has 0 radical (unpaired) electrons. The van der Waals surface area contributed by atoms with Crippen LogP contribution in [-0.2, 0) is 10.2 Å². The number of amides is 1. The first-order chi connectivity index (χ1) is 23.3. The Balaban J connectivity index is 1.48. The van der Waals surface area contributed by atoms with Crippen LogP contribution >= 0.6 is 0 Å². The van der Waals surface area contributed by atoms with Crippen LogP contribution in [0.2, 0.25) is 0 Å². The van der Waals surface area contributed by atoms with Crippen LogP contribution in [0.15, 0.2) is 78.3 Å². The molecule has 2 aliphatic rings. The van der Waals surface area contributed by atoms with Crippen LogP contribution in [-0.4, -0.2) is 37.5 Å². The topological polar surface area (TPSA) is 57.2 Å². The van der Waals surface area contributed by atoms with Gasteiger partial charge >= 0.3 is 0 Å². The molecule has 0 saturated carbocycles. The van der Waals surface area contributed by atoms with Gasteiger partial charge in [0.15, 0.2) is 0 Å². The zero-order chi connectivity index (χ0) is 33.9. The molecule has 1 amide bonds. The molecule has 252 valence electrons. The van der Waals surface area contributed by atoms with Crippen LogP contribution in [0.5, 0.6) is 5.75 Å². The van der Waals surface area contributed by atoms with Crippen LogP contribution in [0.4, 0.5) is 22.7 Å². The lowest BCUT2D eigenvalue weighted by Gasteiger charge is -2.46. The van der Waals surface area contributed by atoms with E-state index in [-0.39, 0.29) is 12.3 Å². The summed E-state index contributed by atoms with van der Waals surface area (Å²) in [7, 11) is 0. The standard InChI is InChI=1S/C42H52N4O2/c1-7-11-13-14-17-26-46-35-23-21-30-19-15-16-20-32(30)39(35)41(5,6)42(46)29-43-40-34-27-31(44-38(47)18-9-3)28-36(45(10-4)25-12-8-2)33(34)22-24-37(40)48-42/h9,15-16,19-24,27-29H,3,7-8,10-14,17-18,25-26H2,1-2,4-6H3,(H,44,47). The first-order valence-corrected chi connectivity index (χ1v) is 18.1. The summed E-state index contributed by atoms with van der Waals surface area (Å²) in [5.74, 6) is 0.686. The van der Waals surface area contributed by atoms with Crippen molar-refractivity contribution in [3.63, 3.8) is 0 Å². The Kier molecular flexibility index (Phi) is 9.82. The van der Waals surface area contributed by atoms with Gasteiger partial charge in [-0.15, -0.1) is 6.58 Å². The zero-order valence-corrected chi connectivity index (χ0v) is 29.6. The van der Waals surface area contributed by atoms with Crippen LogP contribution in [0.25, 0.3) is 21.5 Å². The van der Waals surface area contributed by atoms with Crippen LogP contribution in [0, 0.1) is 0 Å². The third-order valence-electron chi connectivity index (χ3n) is 10.4. The average molecular weight is 645 g/mol. The molecular weight excluding hydrogens is 592 g/mol. The van der Waals surface area contributed by atoms with Gasteiger partial charge < -0.3 is 19.9 Å². The highest BCUT2D eigenvalue weighted by Crippen LogP contribution is 2.57. The summed E-state index contributed by atoms with van der Waals surface area (Å²) in [4.78, 5) is 22.9. The molecule has 6 nitrogen and oxygen atoms in total. The molecule has 6 heteroatoms. The third kappa shape index (κ3) is 5.84. The Morgan fingerprint density at radius 3 is 2.50 bits per heavy atom. The van der Waals surface area contributed by atoms with Gasteiger partial charge in [0.25, 0.3) is 0 Å². The fourth-order valence-corrected chi connectivity index (χ4v) is 7.83. The lowest BCUT2D eigenvalue weighted by atomic mass is 9.75. The molecule has 6 rings (SSSR count). The molecule has 0 saturated heterocycles. The predicted molar refractivity (Wildman–Crippen MR) is 205 cm³/mol. The first kappa shape index (κ1) is 33.6. The van der Waals surface area contributed by atoms with Crippen molar-refractivity contribution < 1.29 is 9.53 Å². The van der Waals surface area contributed by atoms with E-state index in [1.807, 2.05) is 0 Å². The maximum Gasteiger partial charge on any atom is 0.228 e. The second-order valence-electron chi connectivity index (χ2n) is 13.9. The quantitative estimate of drug-likeness (QED) is 0.110. The number of hydrogen-bond donors (Lipinski definition) is 1. The predicted octanol–water partition coefficient (Wildman–Crippen LogP) is 10.7. The largest absolute Gasteiger partial charge is 0.459 e. The summed E-state index contributed by atoms with van der Waals surface area (Å²) >= 11 is 0. The molecule has 2 heterocycles. The molecule has 0 aromatic heterocycles. The number of rotatable bonds is 14. The van der Waals surface area contributed by atoms with E-state index in [4.69, 9.17) is 9.73 Å². The number of fused-ring (bicyclic) bond motifs is 6. The second kappa shape index (κ2) is 14.0. The summed E-state index contributed by atoms with van der Waals surface area (Å²) in [5.41, 5.74) is 4.03. The molecular formula is C42H52N4O2. The van der Waals surface area contributed by atoms with Gasteiger partial charge in [0.05, 0.1) is 11.6 Å². The fraction of sp³-hybridized carbons (Fsp3) is 0.429. The van der Waals surface area contributed by atoms with E-state index < -0.39 is 11.1 Å². The Morgan fingerprint density at radius 1 is 0.938 bits per heavy atom. The number of nitrogens with one attached hydrogen (secondary N) is 1. The molecule has 1 spiro atoms. The summed E-state index contributed by atoms with van der Waals surface area (Å²) in [6, 6.07) is 21.7. The molecule has 2 aliphatic heterocycles. The van der Waals surface area contributed by atoms with Crippen LogP contribution < -0.4 is 19.9 Å². The molecule has 48 heavy (non-hydrogen) atoms. The minimum absolute atomic E-state index is 0.0808. The molecule has 0 bridgehead atoms. The Bertz CT molecular complexity index is 1840. The summed E-state index contributed by atoms with van der Waals surface area (Å²) in [5, 5.41) is 7.71. The molecule has 1 N–H and O–H groups in total. The zero-order valence-electron chi connectivity index (χ0n) is 29.6. The molecule has 4 aromatic rings. The van der Waals surface area contributed by atoms with Crippen LogP contribution in [0.1, 0.15) is 91.5 Å². The fourth-order valence-electron chi connectivity index (χ4n) is 7.83. The number of unbranched alkanes of at least 4 members (excludes halogenated alkanes) is 5. The van der Waals surface area contributed by atoms with Crippen molar-refractivity contribution in [1.29, 1.82) is 0 Å². The molecule has 4 aromatic carbocycles. The number of carbonyl (C=O) groups excluding carboxylic acids is 1. The number of benzene rings is 4. The van der Waals surface area contributed by atoms with Crippen molar-refractivity contribution in [1.82, 2.24) is 0 Å². The Hall–Kier alpha value is -4.32. The monoisotopic (exact) mass is 644 g/mol. The van der Waals surface area contributed by atoms with Crippen molar-refractivity contribution in [2.24, 2.45) is 4.99 Å². The SMILES string of the molecule is C=CCC(=O)Nc1cc(N(CC)CCCC)c2ccc3c(c2c1)N=CC1(O3)N(CCCCCCC)c2ccc3ccccc3c2C1(C)C. The first-order valence-electron chi connectivity index (χ1n) is 18.1. The van der Waals surface area contributed by atoms with Gasteiger partial charge in [-0.1, -0.05) is 82.4 Å². The molecule has 1 atom stereocenters. The Morgan fingerprint density at radius 2 is 1.73 bits per heavy atom. The van der Waals surface area contributed by atoms with Gasteiger partial charge in [-0.25, -0.2) is 0 Å².